The molecule has 2 rings (SSSR count). The number of rotatable bonds is 5. The van der Waals surface area contributed by atoms with Crippen molar-refractivity contribution in [3.05, 3.63) is 16.3 Å². The van der Waals surface area contributed by atoms with Crippen molar-refractivity contribution in [2.45, 2.75) is 12.8 Å². The van der Waals surface area contributed by atoms with Crippen LogP contribution in [0.15, 0.2) is 6.20 Å². The summed E-state index contributed by atoms with van der Waals surface area (Å²) in [6.07, 6.45) is 3.60. The van der Waals surface area contributed by atoms with Crippen LogP contribution in [0.3, 0.4) is 0 Å². The number of anilines is 1. The highest BCUT2D eigenvalue weighted by molar-refractivity contribution is 7.18. The SMILES string of the molecule is O=[N+]([O-])c1cnc(NCCC2CCNC2)s1. The molecule has 1 saturated heterocycles. The number of hydrogen-bond donors (Lipinski definition) is 2. The Hall–Kier alpha value is -1.21. The van der Waals surface area contributed by atoms with Gasteiger partial charge in [0.15, 0.2) is 5.13 Å². The molecule has 1 fully saturated rings. The van der Waals surface area contributed by atoms with Gasteiger partial charge in [-0.2, -0.15) is 0 Å². The molecule has 0 saturated carbocycles. The fourth-order valence-electron chi connectivity index (χ4n) is 1.78. The number of nitro groups is 1. The zero-order valence-electron chi connectivity index (χ0n) is 8.81. The van der Waals surface area contributed by atoms with Crippen molar-refractivity contribution >= 4 is 21.5 Å². The van der Waals surface area contributed by atoms with Gasteiger partial charge in [-0.1, -0.05) is 0 Å². The number of aromatic nitrogens is 1. The molecule has 2 N–H and O–H groups in total. The fraction of sp³-hybridized carbons (Fsp3) is 0.667. The van der Waals surface area contributed by atoms with Crippen molar-refractivity contribution in [3.8, 4) is 0 Å². The molecule has 7 heteroatoms. The number of nitrogens with one attached hydrogen (secondary N) is 2. The van der Waals surface area contributed by atoms with Crippen LogP contribution in [0.1, 0.15) is 12.8 Å². The number of nitrogens with zero attached hydrogens (tertiary/aromatic N) is 2. The van der Waals surface area contributed by atoms with Gasteiger partial charge in [-0.3, -0.25) is 10.1 Å². The molecular weight excluding hydrogens is 228 g/mol. The van der Waals surface area contributed by atoms with E-state index in [1.54, 1.807) is 0 Å². The van der Waals surface area contributed by atoms with E-state index in [1.807, 2.05) is 0 Å². The van der Waals surface area contributed by atoms with Crippen LogP contribution in [0, 0.1) is 16.0 Å². The summed E-state index contributed by atoms with van der Waals surface area (Å²) in [5, 5.41) is 17.6. The monoisotopic (exact) mass is 242 g/mol. The van der Waals surface area contributed by atoms with Gasteiger partial charge in [0, 0.05) is 6.54 Å². The van der Waals surface area contributed by atoms with E-state index in [2.05, 4.69) is 15.6 Å². The summed E-state index contributed by atoms with van der Waals surface area (Å²) in [6, 6.07) is 0. The Morgan fingerprint density at radius 1 is 1.75 bits per heavy atom. The maximum absolute atomic E-state index is 10.4. The lowest BCUT2D eigenvalue weighted by Crippen LogP contribution is -2.12. The van der Waals surface area contributed by atoms with Crippen LogP contribution in [-0.4, -0.2) is 29.5 Å². The van der Waals surface area contributed by atoms with E-state index in [1.165, 1.54) is 12.6 Å². The van der Waals surface area contributed by atoms with Crippen molar-refractivity contribution in [2.24, 2.45) is 5.92 Å². The summed E-state index contributed by atoms with van der Waals surface area (Å²) < 4.78 is 0. The zero-order chi connectivity index (χ0) is 11.4. The molecule has 1 aromatic rings. The quantitative estimate of drug-likeness (QED) is 0.603. The van der Waals surface area contributed by atoms with E-state index >= 15 is 0 Å². The first-order valence-electron chi connectivity index (χ1n) is 5.30. The third-order valence-corrected chi connectivity index (χ3v) is 3.57. The summed E-state index contributed by atoms with van der Waals surface area (Å²) in [6.45, 7) is 3.02. The van der Waals surface area contributed by atoms with Gasteiger partial charge in [0.1, 0.15) is 6.20 Å². The van der Waals surface area contributed by atoms with Crippen molar-refractivity contribution in [1.82, 2.24) is 10.3 Å². The lowest BCUT2D eigenvalue weighted by atomic mass is 10.1. The molecule has 1 aliphatic rings. The highest BCUT2D eigenvalue weighted by atomic mass is 32.1. The molecule has 88 valence electrons. The maximum Gasteiger partial charge on any atom is 0.345 e. The average Bonchev–Trinajstić information content (AvgIpc) is 2.87. The Morgan fingerprint density at radius 3 is 3.25 bits per heavy atom. The Morgan fingerprint density at radius 2 is 2.62 bits per heavy atom. The van der Waals surface area contributed by atoms with E-state index < -0.39 is 4.92 Å². The fourth-order valence-corrected chi connectivity index (χ4v) is 2.43. The van der Waals surface area contributed by atoms with Gasteiger partial charge in [0.2, 0.25) is 0 Å². The third-order valence-electron chi connectivity index (χ3n) is 2.66. The second-order valence-electron chi connectivity index (χ2n) is 3.84. The summed E-state index contributed by atoms with van der Waals surface area (Å²) in [7, 11) is 0. The van der Waals surface area contributed by atoms with Gasteiger partial charge >= 0.3 is 5.00 Å². The predicted molar refractivity (Wildman–Crippen MR) is 62.9 cm³/mol. The average molecular weight is 242 g/mol. The van der Waals surface area contributed by atoms with Crippen molar-refractivity contribution in [1.29, 1.82) is 0 Å². The predicted octanol–water partition coefficient (Wildman–Crippen LogP) is 1.46. The van der Waals surface area contributed by atoms with Crippen LogP contribution >= 0.6 is 11.3 Å². The highest BCUT2D eigenvalue weighted by Gasteiger charge is 2.14. The summed E-state index contributed by atoms with van der Waals surface area (Å²) in [5.41, 5.74) is 0. The van der Waals surface area contributed by atoms with Gasteiger partial charge in [-0.15, -0.1) is 0 Å². The molecule has 6 nitrogen and oxygen atoms in total. The second kappa shape index (κ2) is 5.22. The molecule has 0 spiro atoms. The third kappa shape index (κ3) is 2.89. The van der Waals surface area contributed by atoms with Gasteiger partial charge in [0.25, 0.3) is 0 Å². The van der Waals surface area contributed by atoms with Crippen LogP contribution < -0.4 is 10.6 Å². The van der Waals surface area contributed by atoms with Gasteiger partial charge in [-0.25, -0.2) is 4.98 Å². The molecule has 0 bridgehead atoms. The summed E-state index contributed by atoms with van der Waals surface area (Å²) >= 11 is 1.09. The minimum absolute atomic E-state index is 0.0880. The van der Waals surface area contributed by atoms with Gasteiger partial charge in [-0.05, 0) is 43.2 Å². The van der Waals surface area contributed by atoms with Crippen molar-refractivity contribution in [3.63, 3.8) is 0 Å². The molecule has 1 unspecified atom stereocenters. The molecule has 0 amide bonds. The van der Waals surface area contributed by atoms with Gasteiger partial charge in [0.05, 0.1) is 4.92 Å². The second-order valence-corrected chi connectivity index (χ2v) is 4.84. The lowest BCUT2D eigenvalue weighted by molar-refractivity contribution is -0.380. The Kier molecular flexibility index (Phi) is 3.68. The summed E-state index contributed by atoms with van der Waals surface area (Å²) in [5.74, 6) is 0.724. The van der Waals surface area contributed by atoms with Crippen LogP contribution in [0.2, 0.25) is 0 Å². The van der Waals surface area contributed by atoms with E-state index in [4.69, 9.17) is 0 Å². The molecule has 0 aromatic carbocycles. The molecule has 2 heterocycles. The van der Waals surface area contributed by atoms with E-state index in [9.17, 15) is 10.1 Å². The molecule has 1 aliphatic heterocycles. The molecule has 0 aliphatic carbocycles. The molecule has 1 atom stereocenters. The molecule has 16 heavy (non-hydrogen) atoms. The Bertz CT molecular complexity index is 362. The molecular formula is C9H14N4O2S. The lowest BCUT2D eigenvalue weighted by Gasteiger charge is -2.07. The van der Waals surface area contributed by atoms with Crippen molar-refractivity contribution < 1.29 is 4.92 Å². The largest absolute Gasteiger partial charge is 0.361 e. The Balaban J connectivity index is 1.74. The molecule has 0 radical (unpaired) electrons. The van der Waals surface area contributed by atoms with E-state index in [0.29, 0.717) is 5.13 Å². The van der Waals surface area contributed by atoms with E-state index in [0.717, 1.165) is 43.3 Å². The zero-order valence-corrected chi connectivity index (χ0v) is 9.63. The Labute approximate surface area is 97.2 Å². The van der Waals surface area contributed by atoms with Gasteiger partial charge < -0.3 is 10.6 Å². The van der Waals surface area contributed by atoms with Crippen molar-refractivity contribution in [2.75, 3.05) is 25.0 Å². The summed E-state index contributed by atoms with van der Waals surface area (Å²) in [4.78, 5) is 14.0. The van der Waals surface area contributed by atoms with Crippen LogP contribution in [-0.2, 0) is 0 Å². The van der Waals surface area contributed by atoms with Crippen LogP contribution in [0.5, 0.6) is 0 Å². The highest BCUT2D eigenvalue weighted by Crippen LogP contribution is 2.25. The first-order chi connectivity index (χ1) is 7.75. The van der Waals surface area contributed by atoms with Crippen LogP contribution in [0.25, 0.3) is 0 Å². The normalized spacial score (nSPS) is 19.9. The maximum atomic E-state index is 10.4. The van der Waals surface area contributed by atoms with Crippen LogP contribution in [0.4, 0.5) is 10.1 Å². The standard InChI is InChI=1S/C9H14N4O2S/c14-13(15)8-6-12-9(16-8)11-4-2-7-1-3-10-5-7/h6-7,10H,1-5H2,(H,11,12). The molecule has 1 aromatic heterocycles. The topological polar surface area (TPSA) is 80.1 Å². The van der Waals surface area contributed by atoms with E-state index in [-0.39, 0.29) is 5.00 Å². The number of thiazole rings is 1. The first kappa shape index (κ1) is 11.3. The smallest absolute Gasteiger partial charge is 0.345 e. The first-order valence-corrected chi connectivity index (χ1v) is 6.12. The minimum atomic E-state index is -0.413. The minimum Gasteiger partial charge on any atom is -0.361 e. The number of hydrogen-bond acceptors (Lipinski definition) is 6.